The Morgan fingerprint density at radius 2 is 2.06 bits per heavy atom. The second-order valence-electron chi connectivity index (χ2n) is 4.65. The zero-order valence-corrected chi connectivity index (χ0v) is 11.3. The van der Waals surface area contributed by atoms with Crippen molar-refractivity contribution in [2.45, 2.75) is 26.8 Å². The van der Waals surface area contributed by atoms with Crippen LogP contribution in [-0.2, 0) is 0 Å². The number of hydrogen-bond acceptors (Lipinski definition) is 3. The van der Waals surface area contributed by atoms with Gasteiger partial charge in [-0.25, -0.2) is 0 Å². The highest BCUT2D eigenvalue weighted by molar-refractivity contribution is 6.31. The van der Waals surface area contributed by atoms with Gasteiger partial charge in [-0.15, -0.1) is 0 Å². The first-order valence-corrected chi connectivity index (χ1v) is 5.72. The zero-order valence-electron chi connectivity index (χ0n) is 10.5. The average molecular weight is 253 g/mol. The van der Waals surface area contributed by atoms with Crippen LogP contribution in [0.15, 0.2) is 12.1 Å². The van der Waals surface area contributed by atoms with Crippen LogP contribution in [0.1, 0.15) is 31.0 Å². The van der Waals surface area contributed by atoms with Gasteiger partial charge in [0.25, 0.3) is 0 Å². The van der Waals surface area contributed by atoms with Crippen LogP contribution >= 0.6 is 11.6 Å². The number of benzene rings is 1. The molecule has 1 aromatic rings. The van der Waals surface area contributed by atoms with Crippen LogP contribution in [0.5, 0.6) is 5.75 Å². The van der Waals surface area contributed by atoms with Crippen LogP contribution in [0.2, 0.25) is 5.02 Å². The summed E-state index contributed by atoms with van der Waals surface area (Å²) in [6, 6.07) is 5.37. The molecular weight excluding hydrogens is 236 g/mol. The van der Waals surface area contributed by atoms with Crippen molar-refractivity contribution in [1.82, 2.24) is 0 Å². The normalized spacial score (nSPS) is 13.0. The molecule has 0 bridgehead atoms. The van der Waals surface area contributed by atoms with Crippen LogP contribution in [0, 0.1) is 23.7 Å². The number of nitrogens with two attached hydrogens (primary N) is 1. The highest BCUT2D eigenvalue weighted by Gasteiger charge is 2.30. The van der Waals surface area contributed by atoms with Gasteiger partial charge in [-0.3, -0.25) is 0 Å². The Hall–Kier alpha value is -1.24. The maximum atomic E-state index is 9.11. The molecule has 0 heterocycles. The number of rotatable bonds is 3. The fraction of sp³-hybridized carbons (Fsp3) is 0.462. The standard InChI is InChI=1S/C13H17ClN2O/c1-8-5-11(17-4)9(6-10(8)14)12(16)13(2,3)7-15/h5-6,12H,16H2,1-4H3. The molecule has 0 aliphatic rings. The van der Waals surface area contributed by atoms with E-state index in [-0.39, 0.29) is 0 Å². The Kier molecular flexibility index (Phi) is 4.03. The van der Waals surface area contributed by atoms with Gasteiger partial charge >= 0.3 is 0 Å². The molecule has 0 aliphatic heterocycles. The van der Waals surface area contributed by atoms with Crippen LogP contribution < -0.4 is 10.5 Å². The maximum Gasteiger partial charge on any atom is 0.124 e. The summed E-state index contributed by atoms with van der Waals surface area (Å²) in [5.74, 6) is 0.669. The molecule has 1 unspecified atom stereocenters. The largest absolute Gasteiger partial charge is 0.496 e. The van der Waals surface area contributed by atoms with Gasteiger partial charge in [0.1, 0.15) is 5.75 Å². The van der Waals surface area contributed by atoms with E-state index < -0.39 is 11.5 Å². The minimum absolute atomic E-state index is 0.444. The molecule has 0 amide bonds. The van der Waals surface area contributed by atoms with E-state index in [0.717, 1.165) is 11.1 Å². The molecule has 3 nitrogen and oxygen atoms in total. The van der Waals surface area contributed by atoms with Crippen LogP contribution in [0.4, 0.5) is 0 Å². The summed E-state index contributed by atoms with van der Waals surface area (Å²) in [7, 11) is 1.58. The molecule has 0 radical (unpaired) electrons. The molecule has 4 heteroatoms. The van der Waals surface area contributed by atoms with Crippen molar-refractivity contribution in [2.24, 2.45) is 11.1 Å². The van der Waals surface area contributed by atoms with Gasteiger partial charge < -0.3 is 10.5 Å². The fourth-order valence-corrected chi connectivity index (χ4v) is 1.72. The molecule has 17 heavy (non-hydrogen) atoms. The summed E-state index contributed by atoms with van der Waals surface area (Å²) in [4.78, 5) is 0. The monoisotopic (exact) mass is 252 g/mol. The van der Waals surface area contributed by atoms with Crippen molar-refractivity contribution >= 4 is 11.6 Å². The molecule has 0 saturated carbocycles. The molecule has 1 rings (SSSR count). The van der Waals surface area contributed by atoms with E-state index in [4.69, 9.17) is 27.3 Å². The second kappa shape index (κ2) is 4.95. The van der Waals surface area contributed by atoms with E-state index >= 15 is 0 Å². The van der Waals surface area contributed by atoms with Gasteiger partial charge in [0.15, 0.2) is 0 Å². The first kappa shape index (κ1) is 13.8. The predicted octanol–water partition coefficient (Wildman–Crippen LogP) is 3.21. The fourth-order valence-electron chi connectivity index (χ4n) is 1.55. The lowest BCUT2D eigenvalue weighted by atomic mass is 9.82. The Bertz CT molecular complexity index is 463. The van der Waals surface area contributed by atoms with E-state index in [0.29, 0.717) is 10.8 Å². The minimum atomic E-state index is -0.675. The zero-order chi connectivity index (χ0) is 13.2. The number of ether oxygens (including phenoxy) is 1. The second-order valence-corrected chi connectivity index (χ2v) is 5.06. The van der Waals surface area contributed by atoms with Gasteiger partial charge in [0.05, 0.1) is 24.6 Å². The van der Waals surface area contributed by atoms with Gasteiger partial charge in [0.2, 0.25) is 0 Å². The molecule has 1 atom stereocenters. The van der Waals surface area contributed by atoms with Gasteiger partial charge in [0, 0.05) is 10.6 Å². The molecule has 0 saturated heterocycles. The SMILES string of the molecule is COc1cc(C)c(Cl)cc1C(N)C(C)(C)C#N. The number of halogens is 1. The average Bonchev–Trinajstić information content (AvgIpc) is 2.31. The van der Waals surface area contributed by atoms with Crippen molar-refractivity contribution in [1.29, 1.82) is 5.26 Å². The minimum Gasteiger partial charge on any atom is -0.496 e. The molecule has 92 valence electrons. The molecule has 0 aliphatic carbocycles. The molecule has 2 N–H and O–H groups in total. The van der Waals surface area contributed by atoms with Crippen molar-refractivity contribution in [2.75, 3.05) is 7.11 Å². The van der Waals surface area contributed by atoms with E-state index in [2.05, 4.69) is 6.07 Å². The third-order valence-corrected chi connectivity index (χ3v) is 3.32. The molecular formula is C13H17ClN2O. The van der Waals surface area contributed by atoms with E-state index in [1.807, 2.05) is 13.0 Å². The molecule has 0 fully saturated rings. The highest BCUT2D eigenvalue weighted by atomic mass is 35.5. The maximum absolute atomic E-state index is 9.11. The molecule has 0 aromatic heterocycles. The Labute approximate surface area is 107 Å². The highest BCUT2D eigenvalue weighted by Crippen LogP contribution is 2.37. The number of nitriles is 1. The van der Waals surface area contributed by atoms with Crippen LogP contribution in [-0.4, -0.2) is 7.11 Å². The number of hydrogen-bond donors (Lipinski definition) is 1. The summed E-state index contributed by atoms with van der Waals surface area (Å²) in [5.41, 5.74) is 7.13. The van der Waals surface area contributed by atoms with Crippen molar-refractivity contribution < 1.29 is 4.74 Å². The summed E-state index contributed by atoms with van der Waals surface area (Å²) >= 11 is 6.09. The lowest BCUT2D eigenvalue weighted by Crippen LogP contribution is -2.28. The van der Waals surface area contributed by atoms with E-state index in [9.17, 15) is 0 Å². The van der Waals surface area contributed by atoms with Gasteiger partial charge in [-0.1, -0.05) is 11.6 Å². The Morgan fingerprint density at radius 1 is 1.47 bits per heavy atom. The summed E-state index contributed by atoms with van der Waals surface area (Å²) in [5, 5.41) is 9.74. The van der Waals surface area contributed by atoms with Crippen molar-refractivity contribution in [3.8, 4) is 11.8 Å². The molecule has 1 aromatic carbocycles. The summed E-state index contributed by atoms with van der Waals surface area (Å²) < 4.78 is 5.29. The van der Waals surface area contributed by atoms with Crippen molar-refractivity contribution in [3.63, 3.8) is 0 Å². The van der Waals surface area contributed by atoms with E-state index in [1.54, 1.807) is 27.0 Å². The van der Waals surface area contributed by atoms with E-state index in [1.165, 1.54) is 0 Å². The quantitative estimate of drug-likeness (QED) is 0.899. The predicted molar refractivity (Wildman–Crippen MR) is 69.1 cm³/mol. The lowest BCUT2D eigenvalue weighted by molar-refractivity contribution is 0.362. The molecule has 0 spiro atoms. The Balaban J connectivity index is 3.32. The smallest absolute Gasteiger partial charge is 0.124 e. The van der Waals surface area contributed by atoms with Gasteiger partial charge in [-0.2, -0.15) is 5.26 Å². The van der Waals surface area contributed by atoms with Crippen LogP contribution in [0.3, 0.4) is 0 Å². The summed E-state index contributed by atoms with van der Waals surface area (Å²) in [6.07, 6.45) is 0. The van der Waals surface area contributed by atoms with Crippen molar-refractivity contribution in [3.05, 3.63) is 28.3 Å². The number of aryl methyl sites for hydroxylation is 1. The topological polar surface area (TPSA) is 59.0 Å². The van der Waals surface area contributed by atoms with Gasteiger partial charge in [-0.05, 0) is 38.5 Å². The summed E-state index contributed by atoms with van der Waals surface area (Å²) in [6.45, 7) is 5.49. The lowest BCUT2D eigenvalue weighted by Gasteiger charge is -2.26. The third kappa shape index (κ3) is 2.71. The third-order valence-electron chi connectivity index (χ3n) is 2.91. The van der Waals surface area contributed by atoms with Crippen LogP contribution in [0.25, 0.3) is 0 Å². The number of methoxy groups -OCH3 is 1. The first-order chi connectivity index (χ1) is 7.83. The number of nitrogens with zero attached hydrogens (tertiary/aromatic N) is 1. The Morgan fingerprint density at radius 3 is 2.53 bits per heavy atom. The first-order valence-electron chi connectivity index (χ1n) is 5.34.